The van der Waals surface area contributed by atoms with Gasteiger partial charge in [-0.1, -0.05) is 19.1 Å². The van der Waals surface area contributed by atoms with E-state index in [0.717, 1.165) is 16.9 Å². The molecule has 0 spiro atoms. The molecule has 0 aromatic heterocycles. The lowest BCUT2D eigenvalue weighted by Gasteiger charge is -2.15. The molecule has 0 aliphatic heterocycles. The summed E-state index contributed by atoms with van der Waals surface area (Å²) in [7, 11) is 0. The van der Waals surface area contributed by atoms with Crippen molar-refractivity contribution in [2.24, 2.45) is 0 Å². The Morgan fingerprint density at radius 1 is 1.44 bits per heavy atom. The molecule has 4 heteroatoms. The number of hydrogen-bond donors (Lipinski definition) is 2. The number of rotatable bonds is 6. The van der Waals surface area contributed by atoms with Gasteiger partial charge in [0.2, 0.25) is 0 Å². The summed E-state index contributed by atoms with van der Waals surface area (Å²) in [6.45, 7) is 5.80. The molecule has 2 N–H and O–H groups in total. The van der Waals surface area contributed by atoms with Crippen molar-refractivity contribution < 1.29 is 14.6 Å². The van der Waals surface area contributed by atoms with Crippen molar-refractivity contribution in [1.29, 1.82) is 0 Å². The summed E-state index contributed by atoms with van der Waals surface area (Å²) in [4.78, 5) is 11.6. The summed E-state index contributed by atoms with van der Waals surface area (Å²) in [6.07, 6.45) is 0.700. The fourth-order valence-electron chi connectivity index (χ4n) is 1.57. The molecule has 1 aromatic carbocycles. The van der Waals surface area contributed by atoms with Gasteiger partial charge in [-0.05, 0) is 37.5 Å². The highest BCUT2D eigenvalue weighted by Gasteiger charge is 2.10. The smallest absolute Gasteiger partial charge is 0.258 e. The van der Waals surface area contributed by atoms with Crippen molar-refractivity contribution in [3.8, 4) is 5.75 Å². The summed E-state index contributed by atoms with van der Waals surface area (Å²) < 4.78 is 5.48. The number of aliphatic hydroxyl groups is 1. The molecule has 0 heterocycles. The molecule has 1 rings (SSSR count). The number of nitrogens with one attached hydrogen (secondary N) is 1. The van der Waals surface area contributed by atoms with Crippen LogP contribution in [0.1, 0.15) is 24.5 Å². The van der Waals surface area contributed by atoms with Crippen LogP contribution < -0.4 is 10.1 Å². The Kier molecular flexibility index (Phi) is 5.65. The predicted molar refractivity (Wildman–Crippen MR) is 70.7 cm³/mol. The van der Waals surface area contributed by atoms with E-state index in [1.54, 1.807) is 0 Å². The second-order valence-corrected chi connectivity index (χ2v) is 4.34. The maximum absolute atomic E-state index is 11.6. The van der Waals surface area contributed by atoms with Crippen LogP contribution in [0.25, 0.3) is 0 Å². The number of hydrogen-bond acceptors (Lipinski definition) is 3. The highest BCUT2D eigenvalue weighted by Crippen LogP contribution is 2.20. The lowest BCUT2D eigenvalue weighted by atomic mass is 10.1. The minimum Gasteiger partial charge on any atom is -0.483 e. The number of carbonyl (C=O) groups is 1. The van der Waals surface area contributed by atoms with E-state index in [2.05, 4.69) is 5.32 Å². The average molecular weight is 251 g/mol. The normalized spacial score (nSPS) is 12.0. The van der Waals surface area contributed by atoms with Crippen molar-refractivity contribution >= 4 is 5.91 Å². The van der Waals surface area contributed by atoms with Crippen LogP contribution in [0.5, 0.6) is 5.75 Å². The highest BCUT2D eigenvalue weighted by atomic mass is 16.5. The first-order valence-corrected chi connectivity index (χ1v) is 6.17. The summed E-state index contributed by atoms with van der Waals surface area (Å²) in [6, 6.07) is 5.55. The van der Waals surface area contributed by atoms with Gasteiger partial charge < -0.3 is 15.2 Å². The van der Waals surface area contributed by atoms with E-state index in [4.69, 9.17) is 9.84 Å². The maximum atomic E-state index is 11.6. The first-order valence-electron chi connectivity index (χ1n) is 6.17. The van der Waals surface area contributed by atoms with Crippen LogP contribution >= 0.6 is 0 Å². The van der Waals surface area contributed by atoms with Crippen molar-refractivity contribution in [2.45, 2.75) is 33.2 Å². The Bertz CT molecular complexity index is 400. The van der Waals surface area contributed by atoms with Crippen molar-refractivity contribution in [3.63, 3.8) is 0 Å². The SMILES string of the molecule is CC[C@@H](CO)NC(=O)COc1cccc(C)c1C. The number of benzene rings is 1. The van der Waals surface area contributed by atoms with E-state index < -0.39 is 0 Å². The quantitative estimate of drug-likeness (QED) is 0.807. The van der Waals surface area contributed by atoms with Gasteiger partial charge in [0.15, 0.2) is 6.61 Å². The van der Waals surface area contributed by atoms with Crippen molar-refractivity contribution in [1.82, 2.24) is 5.32 Å². The number of aryl methyl sites for hydroxylation is 1. The molecule has 0 saturated carbocycles. The highest BCUT2D eigenvalue weighted by molar-refractivity contribution is 5.77. The van der Waals surface area contributed by atoms with Crippen LogP contribution in [0.2, 0.25) is 0 Å². The molecule has 18 heavy (non-hydrogen) atoms. The van der Waals surface area contributed by atoms with Gasteiger partial charge in [0.05, 0.1) is 12.6 Å². The molecule has 100 valence electrons. The molecule has 0 saturated heterocycles. The molecule has 0 aliphatic rings. The van der Waals surface area contributed by atoms with Crippen LogP contribution in [0.3, 0.4) is 0 Å². The fourth-order valence-corrected chi connectivity index (χ4v) is 1.57. The number of ether oxygens (including phenoxy) is 1. The average Bonchev–Trinajstić information content (AvgIpc) is 2.37. The van der Waals surface area contributed by atoms with E-state index in [9.17, 15) is 4.79 Å². The summed E-state index contributed by atoms with van der Waals surface area (Å²) >= 11 is 0. The van der Waals surface area contributed by atoms with Crippen LogP contribution in [0, 0.1) is 13.8 Å². The zero-order chi connectivity index (χ0) is 13.5. The van der Waals surface area contributed by atoms with Crippen LogP contribution in [-0.2, 0) is 4.79 Å². The van der Waals surface area contributed by atoms with Crippen molar-refractivity contribution in [3.05, 3.63) is 29.3 Å². The molecule has 0 fully saturated rings. The Balaban J connectivity index is 2.50. The van der Waals surface area contributed by atoms with Crippen LogP contribution in [0.15, 0.2) is 18.2 Å². The summed E-state index contributed by atoms with van der Waals surface area (Å²) in [5, 5.41) is 11.7. The second-order valence-electron chi connectivity index (χ2n) is 4.34. The molecule has 0 unspecified atom stereocenters. The van der Waals surface area contributed by atoms with Gasteiger partial charge in [0.1, 0.15) is 5.75 Å². The molecule has 0 bridgehead atoms. The van der Waals surface area contributed by atoms with Crippen molar-refractivity contribution in [2.75, 3.05) is 13.2 Å². The Labute approximate surface area is 108 Å². The first kappa shape index (κ1) is 14.5. The second kappa shape index (κ2) is 7.01. The number of aliphatic hydroxyl groups excluding tert-OH is 1. The molecule has 4 nitrogen and oxygen atoms in total. The molecule has 0 radical (unpaired) electrons. The maximum Gasteiger partial charge on any atom is 0.258 e. The third-order valence-corrected chi connectivity index (χ3v) is 2.99. The van der Waals surface area contributed by atoms with Gasteiger partial charge in [0, 0.05) is 0 Å². The fraction of sp³-hybridized carbons (Fsp3) is 0.500. The minimum absolute atomic E-state index is 0.0270. The Hall–Kier alpha value is -1.55. The standard InChI is InChI=1S/C14H21NO3/c1-4-12(8-16)15-14(17)9-18-13-7-5-6-10(2)11(13)3/h5-7,12,16H,4,8-9H2,1-3H3,(H,15,17)/t12-/m0/s1. The monoisotopic (exact) mass is 251 g/mol. The van der Waals surface area contributed by atoms with E-state index in [1.165, 1.54) is 0 Å². The van der Waals surface area contributed by atoms with E-state index in [1.807, 2.05) is 39.0 Å². The molecule has 1 aromatic rings. The Morgan fingerprint density at radius 3 is 2.78 bits per heavy atom. The van der Waals surface area contributed by atoms with E-state index >= 15 is 0 Å². The summed E-state index contributed by atoms with van der Waals surface area (Å²) in [5.74, 6) is 0.513. The van der Waals surface area contributed by atoms with E-state index in [0.29, 0.717) is 6.42 Å². The number of carbonyl (C=O) groups excluding carboxylic acids is 1. The van der Waals surface area contributed by atoms with Gasteiger partial charge >= 0.3 is 0 Å². The first-order chi connectivity index (χ1) is 8.58. The van der Waals surface area contributed by atoms with Crippen LogP contribution in [-0.4, -0.2) is 30.3 Å². The lowest BCUT2D eigenvalue weighted by Crippen LogP contribution is -2.39. The molecule has 0 aliphatic carbocycles. The predicted octanol–water partition coefficient (Wildman–Crippen LogP) is 1.57. The van der Waals surface area contributed by atoms with Crippen LogP contribution in [0.4, 0.5) is 0 Å². The van der Waals surface area contributed by atoms with Gasteiger partial charge in [-0.2, -0.15) is 0 Å². The molecular weight excluding hydrogens is 230 g/mol. The topological polar surface area (TPSA) is 58.6 Å². The van der Waals surface area contributed by atoms with Gasteiger partial charge in [-0.3, -0.25) is 4.79 Å². The Morgan fingerprint density at radius 2 is 2.17 bits per heavy atom. The molecule has 1 amide bonds. The lowest BCUT2D eigenvalue weighted by molar-refractivity contribution is -0.124. The van der Waals surface area contributed by atoms with E-state index in [-0.39, 0.29) is 25.2 Å². The largest absolute Gasteiger partial charge is 0.483 e. The molecule has 1 atom stereocenters. The van der Waals surface area contributed by atoms with Gasteiger partial charge in [-0.15, -0.1) is 0 Å². The summed E-state index contributed by atoms with van der Waals surface area (Å²) in [5.41, 5.74) is 2.18. The number of amides is 1. The zero-order valence-corrected chi connectivity index (χ0v) is 11.2. The molecular formula is C14H21NO3. The third kappa shape index (κ3) is 4.04. The zero-order valence-electron chi connectivity index (χ0n) is 11.2. The third-order valence-electron chi connectivity index (χ3n) is 2.99. The van der Waals surface area contributed by atoms with Gasteiger partial charge in [0.25, 0.3) is 5.91 Å². The van der Waals surface area contributed by atoms with Gasteiger partial charge in [-0.25, -0.2) is 0 Å². The minimum atomic E-state index is -0.211.